The fourth-order valence-electron chi connectivity index (χ4n) is 2.68. The van der Waals surface area contributed by atoms with E-state index < -0.39 is 23.7 Å². The van der Waals surface area contributed by atoms with E-state index >= 15 is 0 Å². The molecule has 0 fully saturated rings. The lowest BCUT2D eigenvalue weighted by Gasteiger charge is -2.14. The Kier molecular flexibility index (Phi) is 5.69. The molecule has 1 atom stereocenters. The number of benzene rings is 3. The second-order valence-corrected chi connectivity index (χ2v) is 6.28. The quantitative estimate of drug-likeness (QED) is 0.601. The van der Waals surface area contributed by atoms with E-state index in [4.69, 9.17) is 11.6 Å². The van der Waals surface area contributed by atoms with Gasteiger partial charge in [0.15, 0.2) is 0 Å². The monoisotopic (exact) mass is 386 g/mol. The third-order valence-corrected chi connectivity index (χ3v) is 4.31. The first-order valence-corrected chi connectivity index (χ1v) is 8.53. The van der Waals surface area contributed by atoms with Crippen molar-refractivity contribution in [1.82, 2.24) is 5.32 Å². The van der Waals surface area contributed by atoms with Gasteiger partial charge in [-0.15, -0.1) is 0 Å². The van der Waals surface area contributed by atoms with Gasteiger partial charge in [0.25, 0.3) is 0 Å². The van der Waals surface area contributed by atoms with Crippen LogP contribution in [0.4, 0.5) is 10.1 Å². The van der Waals surface area contributed by atoms with Crippen LogP contribution < -0.4 is 10.6 Å². The first kappa shape index (κ1) is 18.8. The summed E-state index contributed by atoms with van der Waals surface area (Å²) in [5.74, 6) is -2.49. The Balaban J connectivity index is 1.62. The molecule has 2 amide bonds. The molecule has 0 aliphatic carbocycles. The van der Waals surface area contributed by atoms with Crippen molar-refractivity contribution in [2.75, 3.05) is 11.9 Å². The van der Waals surface area contributed by atoms with Crippen LogP contribution in [0.1, 0.15) is 11.7 Å². The van der Waals surface area contributed by atoms with Crippen molar-refractivity contribution in [2.45, 2.75) is 6.10 Å². The molecule has 0 spiro atoms. The summed E-state index contributed by atoms with van der Waals surface area (Å²) in [6, 6.07) is 16.6. The number of nitrogens with one attached hydrogen (secondary N) is 2. The van der Waals surface area contributed by atoms with E-state index in [1.165, 1.54) is 12.1 Å². The molecule has 0 aliphatic rings. The molecule has 0 unspecified atom stereocenters. The topological polar surface area (TPSA) is 78.4 Å². The largest absolute Gasteiger partial charge is 0.387 e. The molecule has 0 bridgehead atoms. The second-order valence-electron chi connectivity index (χ2n) is 5.88. The molecular formula is C20H16ClFN2O3. The molecule has 27 heavy (non-hydrogen) atoms. The highest BCUT2D eigenvalue weighted by Crippen LogP contribution is 2.24. The van der Waals surface area contributed by atoms with Gasteiger partial charge in [-0.1, -0.05) is 54.1 Å². The van der Waals surface area contributed by atoms with Crippen molar-refractivity contribution in [3.05, 3.63) is 77.1 Å². The molecule has 0 saturated heterocycles. The number of aliphatic hydroxyl groups is 1. The summed E-state index contributed by atoms with van der Waals surface area (Å²) in [7, 11) is 0. The molecule has 0 saturated carbocycles. The molecule has 3 aromatic rings. The lowest BCUT2D eigenvalue weighted by Crippen LogP contribution is -2.37. The van der Waals surface area contributed by atoms with Crippen LogP contribution in [0.2, 0.25) is 5.02 Å². The SMILES string of the molecule is O=C(NC[C@H](O)c1cccc2ccccc12)C(=O)Nc1ccc(F)c(Cl)c1. The molecule has 0 radical (unpaired) electrons. The fourth-order valence-corrected chi connectivity index (χ4v) is 2.86. The van der Waals surface area contributed by atoms with Gasteiger partial charge in [0.2, 0.25) is 0 Å². The average Bonchev–Trinajstić information content (AvgIpc) is 2.68. The molecule has 0 aliphatic heterocycles. The van der Waals surface area contributed by atoms with Gasteiger partial charge in [-0.25, -0.2) is 4.39 Å². The minimum Gasteiger partial charge on any atom is -0.387 e. The maximum absolute atomic E-state index is 13.1. The van der Waals surface area contributed by atoms with Crippen molar-refractivity contribution in [3.8, 4) is 0 Å². The number of carbonyl (C=O) groups excluding carboxylic acids is 2. The normalized spacial score (nSPS) is 11.8. The number of carbonyl (C=O) groups is 2. The molecule has 3 aromatic carbocycles. The highest BCUT2D eigenvalue weighted by atomic mass is 35.5. The lowest BCUT2D eigenvalue weighted by atomic mass is 10.0. The number of amides is 2. The van der Waals surface area contributed by atoms with Crippen molar-refractivity contribution in [2.24, 2.45) is 0 Å². The van der Waals surface area contributed by atoms with Gasteiger partial charge < -0.3 is 15.7 Å². The Morgan fingerprint density at radius 3 is 2.56 bits per heavy atom. The van der Waals surface area contributed by atoms with Crippen LogP contribution in [-0.4, -0.2) is 23.5 Å². The maximum Gasteiger partial charge on any atom is 0.313 e. The highest BCUT2D eigenvalue weighted by Gasteiger charge is 2.17. The van der Waals surface area contributed by atoms with Gasteiger partial charge in [-0.05, 0) is 34.5 Å². The fraction of sp³-hybridized carbons (Fsp3) is 0.100. The summed E-state index contributed by atoms with van der Waals surface area (Å²) in [4.78, 5) is 23.9. The summed E-state index contributed by atoms with van der Waals surface area (Å²) in [6.45, 7) is -0.134. The summed E-state index contributed by atoms with van der Waals surface area (Å²) in [6.07, 6.45) is -0.979. The average molecular weight is 387 g/mol. The van der Waals surface area contributed by atoms with E-state index in [0.717, 1.165) is 16.8 Å². The Morgan fingerprint density at radius 1 is 1.04 bits per heavy atom. The molecule has 7 heteroatoms. The van der Waals surface area contributed by atoms with Crippen molar-refractivity contribution in [1.29, 1.82) is 0 Å². The van der Waals surface area contributed by atoms with Crippen molar-refractivity contribution >= 4 is 39.9 Å². The minimum absolute atomic E-state index is 0.134. The Labute approximate surface area is 159 Å². The van der Waals surface area contributed by atoms with Crippen LogP contribution in [0.25, 0.3) is 10.8 Å². The van der Waals surface area contributed by atoms with Crippen LogP contribution in [0.15, 0.2) is 60.7 Å². The zero-order valence-corrected chi connectivity index (χ0v) is 14.8. The Morgan fingerprint density at radius 2 is 1.78 bits per heavy atom. The second kappa shape index (κ2) is 8.16. The summed E-state index contributed by atoms with van der Waals surface area (Å²) in [5, 5.41) is 16.8. The summed E-state index contributed by atoms with van der Waals surface area (Å²) >= 11 is 5.64. The third-order valence-electron chi connectivity index (χ3n) is 4.02. The molecule has 0 heterocycles. The van der Waals surface area contributed by atoms with Crippen LogP contribution in [0.3, 0.4) is 0 Å². The van der Waals surface area contributed by atoms with E-state index in [2.05, 4.69) is 10.6 Å². The smallest absolute Gasteiger partial charge is 0.313 e. The minimum atomic E-state index is -0.979. The number of hydrogen-bond acceptors (Lipinski definition) is 3. The van der Waals surface area contributed by atoms with Gasteiger partial charge in [0.05, 0.1) is 11.1 Å². The van der Waals surface area contributed by atoms with Gasteiger partial charge in [-0.3, -0.25) is 9.59 Å². The molecule has 138 valence electrons. The summed E-state index contributed by atoms with van der Waals surface area (Å²) in [5.41, 5.74) is 0.843. The zero-order chi connectivity index (χ0) is 19.4. The first-order valence-electron chi connectivity index (χ1n) is 8.15. The van der Waals surface area contributed by atoms with Crippen LogP contribution >= 0.6 is 11.6 Å². The third kappa shape index (κ3) is 4.42. The standard InChI is InChI=1S/C20H16ClFN2O3/c21-16-10-13(8-9-17(16)22)24-20(27)19(26)23-11-18(25)15-7-3-5-12-4-1-2-6-14(12)15/h1-10,18,25H,11H2,(H,23,26)(H,24,27)/t18-/m0/s1. The van der Waals surface area contributed by atoms with E-state index in [1.807, 2.05) is 36.4 Å². The van der Waals surface area contributed by atoms with E-state index in [9.17, 15) is 19.1 Å². The highest BCUT2D eigenvalue weighted by molar-refractivity contribution is 6.39. The predicted octanol–water partition coefficient (Wildman–Crippen LogP) is 3.42. The maximum atomic E-state index is 13.1. The first-order chi connectivity index (χ1) is 13.0. The number of hydrogen-bond donors (Lipinski definition) is 3. The van der Waals surface area contributed by atoms with Gasteiger partial charge >= 0.3 is 11.8 Å². The zero-order valence-electron chi connectivity index (χ0n) is 14.1. The van der Waals surface area contributed by atoms with Crippen molar-refractivity contribution < 1.29 is 19.1 Å². The number of rotatable bonds is 4. The van der Waals surface area contributed by atoms with Crippen LogP contribution in [0, 0.1) is 5.82 Å². The van der Waals surface area contributed by atoms with Gasteiger partial charge in [0, 0.05) is 12.2 Å². The van der Waals surface area contributed by atoms with E-state index in [1.54, 1.807) is 6.07 Å². The molecule has 0 aromatic heterocycles. The summed E-state index contributed by atoms with van der Waals surface area (Å²) < 4.78 is 13.1. The van der Waals surface area contributed by atoms with Crippen LogP contribution in [-0.2, 0) is 9.59 Å². The number of aliphatic hydroxyl groups excluding tert-OH is 1. The number of halogens is 2. The lowest BCUT2D eigenvalue weighted by molar-refractivity contribution is -0.136. The molecule has 3 N–H and O–H groups in total. The Hall–Kier alpha value is -2.96. The number of anilines is 1. The predicted molar refractivity (Wildman–Crippen MR) is 102 cm³/mol. The number of fused-ring (bicyclic) bond motifs is 1. The van der Waals surface area contributed by atoms with Crippen molar-refractivity contribution in [3.63, 3.8) is 0 Å². The van der Waals surface area contributed by atoms with Crippen LogP contribution in [0.5, 0.6) is 0 Å². The molecule has 3 rings (SSSR count). The molecule has 5 nitrogen and oxygen atoms in total. The Bertz CT molecular complexity index is 1000. The van der Waals surface area contributed by atoms with Gasteiger partial charge in [-0.2, -0.15) is 0 Å². The molecular weight excluding hydrogens is 371 g/mol. The van der Waals surface area contributed by atoms with E-state index in [-0.39, 0.29) is 17.3 Å². The van der Waals surface area contributed by atoms with Gasteiger partial charge in [0.1, 0.15) is 5.82 Å². The van der Waals surface area contributed by atoms with E-state index in [0.29, 0.717) is 5.56 Å².